The van der Waals surface area contributed by atoms with Gasteiger partial charge in [0.25, 0.3) is 5.91 Å². The molecule has 1 unspecified atom stereocenters. The van der Waals surface area contributed by atoms with E-state index in [1.165, 1.54) is 11.3 Å². The van der Waals surface area contributed by atoms with E-state index in [4.69, 9.17) is 5.26 Å². The van der Waals surface area contributed by atoms with Crippen molar-refractivity contribution in [3.8, 4) is 6.07 Å². The monoisotopic (exact) mass is 258 g/mol. The van der Waals surface area contributed by atoms with Gasteiger partial charge in [0.05, 0.1) is 15.4 Å². The molecule has 0 saturated carbocycles. The van der Waals surface area contributed by atoms with Gasteiger partial charge < -0.3 is 5.32 Å². The fraction of sp³-hybridized carbons (Fsp3) is 0.250. The zero-order valence-corrected chi connectivity index (χ0v) is 9.28. The average molecular weight is 259 g/mol. The van der Waals surface area contributed by atoms with Gasteiger partial charge in [0, 0.05) is 5.38 Å². The van der Waals surface area contributed by atoms with Crippen LogP contribution in [0.5, 0.6) is 0 Å². The van der Waals surface area contributed by atoms with Crippen molar-refractivity contribution >= 4 is 33.2 Å². The second kappa shape index (κ2) is 4.40. The summed E-state index contributed by atoms with van der Waals surface area (Å²) in [6.07, 6.45) is 0. The van der Waals surface area contributed by atoms with Crippen LogP contribution in [0.3, 0.4) is 0 Å². The maximum atomic E-state index is 11.4. The summed E-state index contributed by atoms with van der Waals surface area (Å²) in [4.78, 5) is 11.4. The highest BCUT2D eigenvalue weighted by Crippen LogP contribution is 2.20. The molecule has 0 radical (unpaired) electrons. The van der Waals surface area contributed by atoms with Crippen molar-refractivity contribution in [2.24, 2.45) is 0 Å². The molecule has 0 saturated heterocycles. The van der Waals surface area contributed by atoms with E-state index in [0.717, 1.165) is 3.79 Å². The van der Waals surface area contributed by atoms with E-state index in [1.54, 1.807) is 18.4 Å². The minimum atomic E-state index is -0.453. The summed E-state index contributed by atoms with van der Waals surface area (Å²) in [7, 11) is 0. The number of carbonyl (C=O) groups is 1. The Balaban J connectivity index is 2.65. The number of nitriles is 1. The topological polar surface area (TPSA) is 52.9 Å². The van der Waals surface area contributed by atoms with Crippen molar-refractivity contribution in [1.82, 2.24) is 5.32 Å². The summed E-state index contributed by atoms with van der Waals surface area (Å²) < 4.78 is 0.905. The Bertz CT molecular complexity index is 355. The van der Waals surface area contributed by atoms with Gasteiger partial charge >= 0.3 is 0 Å². The minimum Gasteiger partial charge on any atom is -0.337 e. The number of carbonyl (C=O) groups excluding carboxylic acids is 1. The van der Waals surface area contributed by atoms with Gasteiger partial charge in [-0.3, -0.25) is 4.79 Å². The van der Waals surface area contributed by atoms with Crippen LogP contribution in [0.4, 0.5) is 0 Å². The largest absolute Gasteiger partial charge is 0.337 e. The molecular weight excluding hydrogens is 252 g/mol. The molecule has 1 atom stereocenters. The lowest BCUT2D eigenvalue weighted by Crippen LogP contribution is -2.30. The van der Waals surface area contributed by atoms with E-state index < -0.39 is 6.04 Å². The molecule has 1 aromatic heterocycles. The van der Waals surface area contributed by atoms with Gasteiger partial charge in [0.2, 0.25) is 0 Å². The van der Waals surface area contributed by atoms with Crippen LogP contribution in [0, 0.1) is 11.3 Å². The highest BCUT2D eigenvalue weighted by molar-refractivity contribution is 9.11. The van der Waals surface area contributed by atoms with Crippen molar-refractivity contribution in [2.45, 2.75) is 13.0 Å². The second-order valence-corrected chi connectivity index (χ2v) is 4.75. The molecule has 1 N–H and O–H groups in total. The normalized spacial score (nSPS) is 11.8. The third kappa shape index (κ3) is 2.83. The molecule has 1 rings (SSSR count). The van der Waals surface area contributed by atoms with Crippen molar-refractivity contribution in [3.63, 3.8) is 0 Å². The molecule has 0 spiro atoms. The zero-order valence-electron chi connectivity index (χ0n) is 6.87. The van der Waals surface area contributed by atoms with E-state index >= 15 is 0 Å². The summed E-state index contributed by atoms with van der Waals surface area (Å²) in [5, 5.41) is 12.7. The van der Waals surface area contributed by atoms with E-state index in [1.807, 2.05) is 6.07 Å². The van der Waals surface area contributed by atoms with Gasteiger partial charge in [-0.2, -0.15) is 5.26 Å². The number of halogens is 1. The number of hydrogen-bond acceptors (Lipinski definition) is 3. The van der Waals surface area contributed by atoms with Crippen molar-refractivity contribution in [1.29, 1.82) is 5.26 Å². The van der Waals surface area contributed by atoms with Crippen LogP contribution in [0.2, 0.25) is 0 Å². The van der Waals surface area contributed by atoms with E-state index in [9.17, 15) is 4.79 Å². The predicted octanol–water partition coefficient (Wildman–Crippen LogP) is 2.15. The first-order chi connectivity index (χ1) is 6.13. The maximum Gasteiger partial charge on any atom is 0.253 e. The number of hydrogen-bond donors (Lipinski definition) is 1. The molecule has 1 heterocycles. The number of thiophene rings is 1. The molecule has 5 heteroatoms. The molecule has 0 aliphatic carbocycles. The van der Waals surface area contributed by atoms with Crippen LogP contribution in [0.15, 0.2) is 15.2 Å². The van der Waals surface area contributed by atoms with E-state index in [2.05, 4.69) is 21.2 Å². The van der Waals surface area contributed by atoms with Crippen LogP contribution in [-0.4, -0.2) is 11.9 Å². The predicted molar refractivity (Wildman–Crippen MR) is 54.6 cm³/mol. The average Bonchev–Trinajstić information content (AvgIpc) is 2.51. The first-order valence-electron chi connectivity index (χ1n) is 3.58. The number of nitrogens with one attached hydrogen (secondary N) is 1. The lowest BCUT2D eigenvalue weighted by molar-refractivity contribution is 0.0948. The SMILES string of the molecule is CC(C#N)NC(=O)c1csc(Br)c1. The fourth-order valence-electron chi connectivity index (χ4n) is 0.741. The third-order valence-corrected chi connectivity index (χ3v) is 2.88. The Morgan fingerprint density at radius 1 is 1.85 bits per heavy atom. The Morgan fingerprint density at radius 3 is 3.00 bits per heavy atom. The van der Waals surface area contributed by atoms with Gasteiger partial charge in [-0.25, -0.2) is 0 Å². The number of rotatable bonds is 2. The Hall–Kier alpha value is -0.860. The zero-order chi connectivity index (χ0) is 9.84. The summed E-state index contributed by atoms with van der Waals surface area (Å²) in [5.74, 6) is -0.212. The molecule has 13 heavy (non-hydrogen) atoms. The molecular formula is C8H7BrN2OS. The standard InChI is InChI=1S/C8H7BrN2OS/c1-5(3-10)11-8(12)6-2-7(9)13-4-6/h2,4-5H,1H3,(H,11,12). The van der Waals surface area contributed by atoms with E-state index in [0.29, 0.717) is 5.56 Å². The molecule has 68 valence electrons. The van der Waals surface area contributed by atoms with Crippen molar-refractivity contribution in [3.05, 3.63) is 20.8 Å². The quantitative estimate of drug-likeness (QED) is 0.884. The molecule has 0 aliphatic heterocycles. The number of nitrogens with zero attached hydrogens (tertiary/aromatic N) is 1. The van der Waals surface area contributed by atoms with E-state index in [-0.39, 0.29) is 5.91 Å². The molecule has 0 fully saturated rings. The van der Waals surface area contributed by atoms with Gasteiger partial charge in [-0.05, 0) is 28.9 Å². The van der Waals surface area contributed by atoms with Gasteiger partial charge in [0.1, 0.15) is 6.04 Å². The van der Waals surface area contributed by atoms with Crippen LogP contribution in [-0.2, 0) is 0 Å². The first kappa shape index (κ1) is 10.2. The van der Waals surface area contributed by atoms with Crippen LogP contribution in [0.1, 0.15) is 17.3 Å². The van der Waals surface area contributed by atoms with Gasteiger partial charge in [-0.15, -0.1) is 11.3 Å². The molecule has 3 nitrogen and oxygen atoms in total. The molecule has 1 aromatic rings. The lowest BCUT2D eigenvalue weighted by Gasteiger charge is -2.03. The summed E-state index contributed by atoms with van der Waals surface area (Å²) in [6.45, 7) is 1.64. The maximum absolute atomic E-state index is 11.4. The van der Waals surface area contributed by atoms with Gasteiger partial charge in [0.15, 0.2) is 0 Å². The summed E-state index contributed by atoms with van der Waals surface area (Å²) >= 11 is 4.70. The third-order valence-electron chi connectivity index (χ3n) is 1.37. The second-order valence-electron chi connectivity index (χ2n) is 2.46. The minimum absolute atomic E-state index is 0.212. The van der Waals surface area contributed by atoms with Crippen molar-refractivity contribution in [2.75, 3.05) is 0 Å². The molecule has 0 aliphatic rings. The van der Waals surface area contributed by atoms with Crippen LogP contribution >= 0.6 is 27.3 Å². The smallest absolute Gasteiger partial charge is 0.253 e. The summed E-state index contributed by atoms with van der Waals surface area (Å²) in [5.41, 5.74) is 0.582. The molecule has 0 bridgehead atoms. The molecule has 0 aromatic carbocycles. The lowest BCUT2D eigenvalue weighted by atomic mass is 10.3. The Labute approximate surface area is 88.5 Å². The fourth-order valence-corrected chi connectivity index (χ4v) is 1.88. The Morgan fingerprint density at radius 2 is 2.54 bits per heavy atom. The first-order valence-corrected chi connectivity index (χ1v) is 5.25. The highest BCUT2D eigenvalue weighted by atomic mass is 79.9. The Kier molecular flexibility index (Phi) is 3.46. The van der Waals surface area contributed by atoms with Gasteiger partial charge in [-0.1, -0.05) is 0 Å². The number of amides is 1. The highest BCUT2D eigenvalue weighted by Gasteiger charge is 2.09. The molecule has 1 amide bonds. The van der Waals surface area contributed by atoms with Crippen LogP contribution in [0.25, 0.3) is 0 Å². The van der Waals surface area contributed by atoms with Crippen molar-refractivity contribution < 1.29 is 4.79 Å². The summed E-state index contributed by atoms with van der Waals surface area (Å²) in [6, 6.07) is 3.21. The van der Waals surface area contributed by atoms with Crippen LogP contribution < -0.4 is 5.32 Å².